The van der Waals surface area contributed by atoms with Crippen LogP contribution in [0.25, 0.3) is 0 Å². The minimum atomic E-state index is -5.08. The van der Waals surface area contributed by atoms with Crippen LogP contribution in [0.4, 0.5) is 13.2 Å². The first-order valence-electron chi connectivity index (χ1n) is 6.05. The Morgan fingerprint density at radius 1 is 1.23 bits per heavy atom. The number of aliphatic carboxylic acids is 2. The molecule has 0 heterocycles. The van der Waals surface area contributed by atoms with Gasteiger partial charge in [-0.05, 0) is 12.5 Å². The lowest BCUT2D eigenvalue weighted by molar-refractivity contribution is -0.192. The first-order valence-corrected chi connectivity index (χ1v) is 6.05. The zero-order valence-corrected chi connectivity index (χ0v) is 11.7. The molecule has 0 spiro atoms. The summed E-state index contributed by atoms with van der Waals surface area (Å²) in [5, 5.41) is 18.9. The van der Waals surface area contributed by atoms with Crippen LogP contribution in [-0.4, -0.2) is 34.9 Å². The highest BCUT2D eigenvalue weighted by molar-refractivity contribution is 5.86. The van der Waals surface area contributed by atoms with E-state index in [1.165, 1.54) is 0 Å². The molecular formula is C14H16F3NO4. The lowest BCUT2D eigenvalue weighted by Crippen LogP contribution is -2.23. The molecule has 5 nitrogen and oxygen atoms in total. The van der Waals surface area contributed by atoms with Gasteiger partial charge in [-0.1, -0.05) is 36.9 Å². The standard InChI is InChI=1S/C12H15NO2.C2HF3O2/c1-9(12(14)15)8-13-10(2)11-6-4-3-5-7-11;3-2(4,5)1(6)7/h3-7,10,13H,1,8H2,2H3,(H,14,15);(H,6,7)/t10-;/m1./s1. The Bertz CT molecular complexity index is 515. The van der Waals surface area contributed by atoms with Gasteiger partial charge in [-0.15, -0.1) is 0 Å². The third kappa shape index (κ3) is 8.05. The Morgan fingerprint density at radius 3 is 2.05 bits per heavy atom. The van der Waals surface area contributed by atoms with E-state index in [0.717, 1.165) is 5.56 Å². The zero-order valence-electron chi connectivity index (χ0n) is 11.7. The third-order valence-electron chi connectivity index (χ3n) is 2.47. The van der Waals surface area contributed by atoms with Crippen molar-refractivity contribution in [3.05, 3.63) is 48.0 Å². The number of nitrogens with one attached hydrogen (secondary N) is 1. The van der Waals surface area contributed by atoms with Crippen molar-refractivity contribution >= 4 is 11.9 Å². The molecule has 122 valence electrons. The van der Waals surface area contributed by atoms with Crippen LogP contribution in [0.2, 0.25) is 0 Å². The van der Waals surface area contributed by atoms with Gasteiger partial charge in [0, 0.05) is 18.2 Å². The molecule has 1 atom stereocenters. The van der Waals surface area contributed by atoms with Crippen LogP contribution < -0.4 is 5.32 Å². The van der Waals surface area contributed by atoms with Crippen LogP contribution in [-0.2, 0) is 9.59 Å². The van der Waals surface area contributed by atoms with Gasteiger partial charge in [-0.3, -0.25) is 0 Å². The Balaban J connectivity index is 0.000000534. The summed E-state index contributed by atoms with van der Waals surface area (Å²) < 4.78 is 31.7. The van der Waals surface area contributed by atoms with Gasteiger partial charge in [-0.2, -0.15) is 13.2 Å². The van der Waals surface area contributed by atoms with E-state index < -0.39 is 18.1 Å². The van der Waals surface area contributed by atoms with Gasteiger partial charge in [0.15, 0.2) is 0 Å². The molecular weight excluding hydrogens is 303 g/mol. The molecule has 3 N–H and O–H groups in total. The molecule has 1 aromatic rings. The van der Waals surface area contributed by atoms with Crippen molar-refractivity contribution in [1.82, 2.24) is 5.32 Å². The molecule has 0 aliphatic carbocycles. The number of carboxylic acid groups (broad SMARTS) is 2. The number of benzene rings is 1. The SMILES string of the molecule is C=C(CN[C@H](C)c1ccccc1)C(=O)O.O=C(O)C(F)(F)F. The van der Waals surface area contributed by atoms with Crippen LogP contribution in [0.1, 0.15) is 18.5 Å². The number of carbonyl (C=O) groups is 2. The highest BCUT2D eigenvalue weighted by Crippen LogP contribution is 2.13. The van der Waals surface area contributed by atoms with Crippen molar-refractivity contribution in [2.45, 2.75) is 19.1 Å². The van der Waals surface area contributed by atoms with Gasteiger partial charge < -0.3 is 15.5 Å². The van der Waals surface area contributed by atoms with Crippen molar-refractivity contribution in [3.63, 3.8) is 0 Å². The highest BCUT2D eigenvalue weighted by atomic mass is 19.4. The van der Waals surface area contributed by atoms with Crippen LogP contribution in [0.15, 0.2) is 42.5 Å². The Morgan fingerprint density at radius 2 is 1.68 bits per heavy atom. The maximum atomic E-state index is 10.6. The molecule has 0 saturated carbocycles. The Kier molecular flexibility index (Phi) is 7.89. The fourth-order valence-corrected chi connectivity index (χ4v) is 1.21. The second-order valence-electron chi connectivity index (χ2n) is 4.22. The number of halogens is 3. The average molecular weight is 319 g/mol. The second kappa shape index (κ2) is 8.83. The van der Waals surface area contributed by atoms with Gasteiger partial charge in [0.05, 0.1) is 0 Å². The largest absolute Gasteiger partial charge is 0.490 e. The zero-order chi connectivity index (χ0) is 17.3. The maximum absolute atomic E-state index is 10.6. The first kappa shape index (κ1) is 19.7. The van der Waals surface area contributed by atoms with E-state index in [-0.39, 0.29) is 11.6 Å². The molecule has 1 aromatic carbocycles. The average Bonchev–Trinajstić information content (AvgIpc) is 2.44. The Labute approximate surface area is 125 Å². The van der Waals surface area contributed by atoms with Gasteiger partial charge in [0.25, 0.3) is 0 Å². The highest BCUT2D eigenvalue weighted by Gasteiger charge is 2.38. The molecule has 0 aliphatic rings. The quantitative estimate of drug-likeness (QED) is 0.726. The summed E-state index contributed by atoms with van der Waals surface area (Å²) in [6, 6.07) is 10.00. The molecule has 1 rings (SSSR count). The van der Waals surface area contributed by atoms with Crippen molar-refractivity contribution < 1.29 is 33.0 Å². The number of rotatable bonds is 5. The maximum Gasteiger partial charge on any atom is 0.490 e. The summed E-state index contributed by atoms with van der Waals surface area (Å²) in [5.74, 6) is -3.71. The van der Waals surface area contributed by atoms with Gasteiger partial charge in [0.1, 0.15) is 0 Å². The molecule has 8 heteroatoms. The monoisotopic (exact) mass is 319 g/mol. The lowest BCUT2D eigenvalue weighted by Gasteiger charge is -2.13. The number of hydrogen-bond acceptors (Lipinski definition) is 3. The fourth-order valence-electron chi connectivity index (χ4n) is 1.21. The summed E-state index contributed by atoms with van der Waals surface area (Å²) >= 11 is 0. The second-order valence-corrected chi connectivity index (χ2v) is 4.22. The van der Waals surface area contributed by atoms with E-state index in [4.69, 9.17) is 15.0 Å². The van der Waals surface area contributed by atoms with Gasteiger partial charge >= 0.3 is 18.1 Å². The van der Waals surface area contributed by atoms with Gasteiger partial charge in [-0.25, -0.2) is 9.59 Å². The molecule has 0 aromatic heterocycles. The molecule has 0 fully saturated rings. The minimum Gasteiger partial charge on any atom is -0.478 e. The fraction of sp³-hybridized carbons (Fsp3) is 0.286. The topological polar surface area (TPSA) is 86.6 Å². The first-order chi connectivity index (χ1) is 10.1. The van der Waals surface area contributed by atoms with E-state index in [2.05, 4.69) is 11.9 Å². The van der Waals surface area contributed by atoms with E-state index >= 15 is 0 Å². The molecule has 0 radical (unpaired) electrons. The summed E-state index contributed by atoms with van der Waals surface area (Å²) in [4.78, 5) is 19.4. The molecule has 22 heavy (non-hydrogen) atoms. The van der Waals surface area contributed by atoms with E-state index in [1.807, 2.05) is 37.3 Å². The van der Waals surface area contributed by atoms with Crippen molar-refractivity contribution in [1.29, 1.82) is 0 Å². The third-order valence-corrected chi connectivity index (χ3v) is 2.47. The number of carboxylic acids is 2. The van der Waals surface area contributed by atoms with Crippen LogP contribution in [0.5, 0.6) is 0 Å². The summed E-state index contributed by atoms with van der Waals surface area (Å²) in [6.07, 6.45) is -5.08. The lowest BCUT2D eigenvalue weighted by atomic mass is 10.1. The van der Waals surface area contributed by atoms with Gasteiger partial charge in [0.2, 0.25) is 0 Å². The molecule has 0 saturated heterocycles. The normalized spacial score (nSPS) is 11.8. The van der Waals surface area contributed by atoms with E-state index in [0.29, 0.717) is 6.54 Å². The number of hydrogen-bond donors (Lipinski definition) is 3. The minimum absolute atomic E-state index is 0.127. The molecule has 0 unspecified atom stereocenters. The van der Waals surface area contributed by atoms with Crippen LogP contribution in [0, 0.1) is 0 Å². The summed E-state index contributed by atoms with van der Waals surface area (Å²) in [6.45, 7) is 5.75. The van der Waals surface area contributed by atoms with E-state index in [1.54, 1.807) is 0 Å². The predicted molar refractivity (Wildman–Crippen MR) is 73.3 cm³/mol. The van der Waals surface area contributed by atoms with Crippen molar-refractivity contribution in [2.75, 3.05) is 6.54 Å². The Hall–Kier alpha value is -2.35. The van der Waals surface area contributed by atoms with Crippen LogP contribution in [0.3, 0.4) is 0 Å². The van der Waals surface area contributed by atoms with Crippen LogP contribution >= 0.6 is 0 Å². The summed E-state index contributed by atoms with van der Waals surface area (Å²) in [5.41, 5.74) is 1.31. The smallest absolute Gasteiger partial charge is 0.478 e. The van der Waals surface area contributed by atoms with Crippen molar-refractivity contribution in [3.8, 4) is 0 Å². The van der Waals surface area contributed by atoms with E-state index in [9.17, 15) is 18.0 Å². The predicted octanol–water partition coefficient (Wildman–Crippen LogP) is 2.61. The number of alkyl halides is 3. The summed E-state index contributed by atoms with van der Waals surface area (Å²) in [7, 11) is 0. The molecule has 0 bridgehead atoms. The van der Waals surface area contributed by atoms with Crippen molar-refractivity contribution in [2.24, 2.45) is 0 Å². The molecule has 0 aliphatic heterocycles. The molecule has 0 amide bonds.